The van der Waals surface area contributed by atoms with Crippen molar-refractivity contribution >= 4 is 11.6 Å². The highest BCUT2D eigenvalue weighted by Gasteiger charge is 1.96. The summed E-state index contributed by atoms with van der Waals surface area (Å²) in [5, 5.41) is 4.14. The zero-order chi connectivity index (χ0) is 8.97. The number of halogens is 1. The molecule has 0 aliphatic rings. The first-order chi connectivity index (χ1) is 5.74. The number of hydrogen-bond acceptors (Lipinski definition) is 1. The Labute approximate surface area is 75.6 Å². The smallest absolute Gasteiger partial charge is 0.0514 e. The third kappa shape index (κ3) is 2.16. The van der Waals surface area contributed by atoms with Crippen molar-refractivity contribution in [3.63, 3.8) is 0 Å². The Morgan fingerprint density at radius 3 is 3.00 bits per heavy atom. The van der Waals surface area contributed by atoms with Gasteiger partial charge in [-0.2, -0.15) is 0 Å². The normalized spacial score (nSPS) is 9.17. The van der Waals surface area contributed by atoms with Crippen LogP contribution in [0.25, 0.3) is 10.4 Å². The van der Waals surface area contributed by atoms with Crippen molar-refractivity contribution in [1.29, 1.82) is 0 Å². The number of rotatable bonds is 2. The van der Waals surface area contributed by atoms with E-state index in [-0.39, 0.29) is 0 Å². The summed E-state index contributed by atoms with van der Waals surface area (Å²) >= 11 is 5.76. The van der Waals surface area contributed by atoms with Crippen LogP contribution in [0.4, 0.5) is 0 Å². The van der Waals surface area contributed by atoms with E-state index in [1.54, 1.807) is 0 Å². The average Bonchev–Trinajstić information content (AvgIpc) is 2.07. The second kappa shape index (κ2) is 4.00. The molecule has 12 heavy (non-hydrogen) atoms. The van der Waals surface area contributed by atoms with Gasteiger partial charge >= 0.3 is 0 Å². The highest BCUT2D eigenvalue weighted by atomic mass is 35.5. The van der Waals surface area contributed by atoms with E-state index in [1.165, 1.54) is 0 Å². The van der Waals surface area contributed by atoms with Gasteiger partial charge in [0.25, 0.3) is 0 Å². The molecule has 0 spiro atoms. The quantitative estimate of drug-likeness (QED) is 0.381. The van der Waals surface area contributed by atoms with Crippen molar-refractivity contribution in [2.24, 2.45) is 5.11 Å². The van der Waals surface area contributed by atoms with Crippen molar-refractivity contribution < 1.29 is 0 Å². The van der Waals surface area contributed by atoms with Gasteiger partial charge in [0.15, 0.2) is 0 Å². The van der Waals surface area contributed by atoms with E-state index in [4.69, 9.17) is 17.1 Å². The average molecular weight is 182 g/mol. The standard InChI is InChI=1S/C8H8ClN3/c1-6-2-3-8(9)4-7(6)5-11-12-10/h2-4H,5H2,1H3. The summed E-state index contributed by atoms with van der Waals surface area (Å²) in [6.07, 6.45) is 0. The minimum atomic E-state index is 0.364. The lowest BCUT2D eigenvalue weighted by molar-refractivity contribution is 1.03. The number of aryl methyl sites for hydroxylation is 1. The molecular formula is C8H8ClN3. The monoisotopic (exact) mass is 181 g/mol. The largest absolute Gasteiger partial charge is 0.0893 e. The van der Waals surface area contributed by atoms with Crippen LogP contribution in [0.5, 0.6) is 0 Å². The first kappa shape index (κ1) is 8.91. The van der Waals surface area contributed by atoms with Gasteiger partial charge in [-0.05, 0) is 35.7 Å². The van der Waals surface area contributed by atoms with Crippen LogP contribution < -0.4 is 0 Å². The maximum Gasteiger partial charge on any atom is 0.0514 e. The summed E-state index contributed by atoms with van der Waals surface area (Å²) in [6, 6.07) is 5.53. The summed E-state index contributed by atoms with van der Waals surface area (Å²) in [5.74, 6) is 0. The summed E-state index contributed by atoms with van der Waals surface area (Å²) < 4.78 is 0. The predicted molar refractivity (Wildman–Crippen MR) is 49.0 cm³/mol. The third-order valence-corrected chi connectivity index (χ3v) is 1.85. The Hall–Kier alpha value is -1.18. The maximum absolute atomic E-state index is 8.11. The Balaban J connectivity index is 2.96. The number of nitrogens with zero attached hydrogens (tertiary/aromatic N) is 3. The Kier molecular flexibility index (Phi) is 2.97. The molecule has 0 saturated heterocycles. The molecule has 0 amide bonds. The van der Waals surface area contributed by atoms with E-state index in [1.807, 2.05) is 25.1 Å². The van der Waals surface area contributed by atoms with Crippen molar-refractivity contribution in [2.75, 3.05) is 0 Å². The van der Waals surface area contributed by atoms with Crippen LogP contribution in [-0.2, 0) is 6.54 Å². The van der Waals surface area contributed by atoms with Crippen molar-refractivity contribution in [3.05, 3.63) is 44.8 Å². The summed E-state index contributed by atoms with van der Waals surface area (Å²) in [5.41, 5.74) is 10.2. The molecule has 0 radical (unpaired) electrons. The molecule has 1 aromatic carbocycles. The SMILES string of the molecule is Cc1ccc(Cl)cc1CN=[N+]=[N-]. The molecule has 0 aromatic heterocycles. The van der Waals surface area contributed by atoms with Gasteiger partial charge in [0.1, 0.15) is 0 Å². The van der Waals surface area contributed by atoms with E-state index in [9.17, 15) is 0 Å². The van der Waals surface area contributed by atoms with E-state index in [0.29, 0.717) is 11.6 Å². The van der Waals surface area contributed by atoms with Crippen molar-refractivity contribution in [2.45, 2.75) is 13.5 Å². The fraction of sp³-hybridized carbons (Fsp3) is 0.250. The molecule has 0 aliphatic heterocycles. The molecule has 0 atom stereocenters. The lowest BCUT2D eigenvalue weighted by Gasteiger charge is -2.01. The second-order valence-corrected chi connectivity index (χ2v) is 2.90. The van der Waals surface area contributed by atoms with E-state index < -0.39 is 0 Å². The van der Waals surface area contributed by atoms with Crippen LogP contribution in [0, 0.1) is 6.92 Å². The van der Waals surface area contributed by atoms with Crippen LogP contribution in [0.2, 0.25) is 5.02 Å². The van der Waals surface area contributed by atoms with Gasteiger partial charge in [-0.25, -0.2) is 0 Å². The maximum atomic E-state index is 8.11. The molecule has 0 heterocycles. The number of benzene rings is 1. The summed E-state index contributed by atoms with van der Waals surface area (Å²) in [4.78, 5) is 2.68. The lowest BCUT2D eigenvalue weighted by atomic mass is 10.1. The van der Waals surface area contributed by atoms with Crippen LogP contribution in [0.3, 0.4) is 0 Å². The molecule has 0 bridgehead atoms. The number of hydrogen-bond donors (Lipinski definition) is 0. The Bertz CT molecular complexity index is 329. The van der Waals surface area contributed by atoms with Gasteiger partial charge in [0.05, 0.1) is 6.54 Å². The van der Waals surface area contributed by atoms with Gasteiger partial charge in [-0.3, -0.25) is 0 Å². The van der Waals surface area contributed by atoms with Gasteiger partial charge in [0, 0.05) is 9.93 Å². The molecule has 62 valence electrons. The predicted octanol–water partition coefficient (Wildman–Crippen LogP) is 3.46. The molecule has 0 N–H and O–H groups in total. The summed E-state index contributed by atoms with van der Waals surface area (Å²) in [6.45, 7) is 2.32. The first-order valence-electron chi connectivity index (χ1n) is 3.50. The Morgan fingerprint density at radius 1 is 1.58 bits per heavy atom. The van der Waals surface area contributed by atoms with Crippen LogP contribution >= 0.6 is 11.6 Å². The zero-order valence-corrected chi connectivity index (χ0v) is 7.41. The molecule has 0 saturated carbocycles. The van der Waals surface area contributed by atoms with Gasteiger partial charge in [-0.15, -0.1) is 0 Å². The van der Waals surface area contributed by atoms with Crippen LogP contribution in [-0.4, -0.2) is 0 Å². The van der Waals surface area contributed by atoms with Crippen molar-refractivity contribution in [3.8, 4) is 0 Å². The lowest BCUT2D eigenvalue weighted by Crippen LogP contribution is -1.85. The van der Waals surface area contributed by atoms with Crippen LogP contribution in [0.1, 0.15) is 11.1 Å². The fourth-order valence-electron chi connectivity index (χ4n) is 0.918. The topological polar surface area (TPSA) is 48.8 Å². The molecule has 3 nitrogen and oxygen atoms in total. The van der Waals surface area contributed by atoms with Gasteiger partial charge < -0.3 is 0 Å². The Morgan fingerprint density at radius 2 is 2.33 bits per heavy atom. The minimum Gasteiger partial charge on any atom is -0.0893 e. The molecule has 1 rings (SSSR count). The second-order valence-electron chi connectivity index (χ2n) is 2.46. The van der Waals surface area contributed by atoms with E-state index in [0.717, 1.165) is 11.1 Å². The van der Waals surface area contributed by atoms with Crippen molar-refractivity contribution in [1.82, 2.24) is 0 Å². The van der Waals surface area contributed by atoms with Crippen LogP contribution in [0.15, 0.2) is 23.3 Å². The summed E-state index contributed by atoms with van der Waals surface area (Å²) in [7, 11) is 0. The molecule has 4 heteroatoms. The zero-order valence-electron chi connectivity index (χ0n) is 6.66. The first-order valence-corrected chi connectivity index (χ1v) is 3.87. The van der Waals surface area contributed by atoms with E-state index in [2.05, 4.69) is 10.0 Å². The van der Waals surface area contributed by atoms with Gasteiger partial charge in [-0.1, -0.05) is 22.8 Å². The molecule has 1 aromatic rings. The number of azide groups is 1. The van der Waals surface area contributed by atoms with Gasteiger partial charge in [0.2, 0.25) is 0 Å². The third-order valence-electron chi connectivity index (χ3n) is 1.62. The molecule has 0 unspecified atom stereocenters. The van der Waals surface area contributed by atoms with E-state index >= 15 is 0 Å². The molecular weight excluding hydrogens is 174 g/mol. The minimum absolute atomic E-state index is 0.364. The highest BCUT2D eigenvalue weighted by molar-refractivity contribution is 6.30. The highest BCUT2D eigenvalue weighted by Crippen LogP contribution is 2.15. The fourth-order valence-corrected chi connectivity index (χ4v) is 1.11. The molecule has 0 fully saturated rings. The molecule has 0 aliphatic carbocycles.